The van der Waals surface area contributed by atoms with Gasteiger partial charge in [0.25, 0.3) is 0 Å². The van der Waals surface area contributed by atoms with Crippen molar-refractivity contribution in [2.24, 2.45) is 0 Å². The Morgan fingerprint density at radius 1 is 1.37 bits per heavy atom. The summed E-state index contributed by atoms with van der Waals surface area (Å²) in [5.74, 6) is 1.16. The number of nitriles is 1. The maximum Gasteiger partial charge on any atom is 0.148 e. The average molecular weight is 319 g/mol. The predicted molar refractivity (Wildman–Crippen MR) is 77.3 cm³/mol. The van der Waals surface area contributed by atoms with Gasteiger partial charge in [-0.3, -0.25) is 0 Å². The van der Waals surface area contributed by atoms with Crippen LogP contribution in [0.5, 0.6) is 5.75 Å². The van der Waals surface area contributed by atoms with Crippen LogP contribution in [0.3, 0.4) is 0 Å². The molecule has 0 aliphatic carbocycles. The number of nitrogens with two attached hydrogens (primary N) is 1. The summed E-state index contributed by atoms with van der Waals surface area (Å²) < 4.78 is 6.04. The zero-order chi connectivity index (χ0) is 13.8. The van der Waals surface area contributed by atoms with Crippen molar-refractivity contribution in [1.29, 1.82) is 5.26 Å². The van der Waals surface area contributed by atoms with Crippen LogP contribution in [-0.2, 0) is 0 Å². The fourth-order valence-electron chi connectivity index (χ4n) is 1.56. The summed E-state index contributed by atoms with van der Waals surface area (Å²) in [4.78, 5) is 4.11. The van der Waals surface area contributed by atoms with Crippen molar-refractivity contribution in [2.75, 3.05) is 18.2 Å². The SMILES string of the molecule is COc1cc(Br)cc(Nc2ncc(N)cc2C#N)c1. The molecule has 0 fully saturated rings. The molecule has 0 aliphatic rings. The normalized spacial score (nSPS) is 9.74. The second-order valence-corrected chi connectivity index (χ2v) is 4.70. The quantitative estimate of drug-likeness (QED) is 0.908. The molecule has 3 N–H and O–H groups in total. The number of aromatic nitrogens is 1. The number of pyridine rings is 1. The van der Waals surface area contributed by atoms with Crippen molar-refractivity contribution >= 4 is 33.1 Å². The van der Waals surface area contributed by atoms with Crippen molar-refractivity contribution in [3.05, 3.63) is 40.5 Å². The van der Waals surface area contributed by atoms with Gasteiger partial charge >= 0.3 is 0 Å². The summed E-state index contributed by atoms with van der Waals surface area (Å²) in [5.41, 5.74) is 7.20. The van der Waals surface area contributed by atoms with Gasteiger partial charge in [0.15, 0.2) is 0 Å². The Morgan fingerprint density at radius 3 is 2.84 bits per heavy atom. The number of nitrogen functional groups attached to an aromatic ring is 1. The van der Waals surface area contributed by atoms with Crippen molar-refractivity contribution in [1.82, 2.24) is 4.98 Å². The third kappa shape index (κ3) is 3.14. The second-order valence-electron chi connectivity index (χ2n) is 3.78. The van der Waals surface area contributed by atoms with Crippen LogP contribution in [0.4, 0.5) is 17.2 Å². The van der Waals surface area contributed by atoms with Gasteiger partial charge in [0, 0.05) is 16.2 Å². The van der Waals surface area contributed by atoms with E-state index < -0.39 is 0 Å². The highest BCUT2D eigenvalue weighted by atomic mass is 79.9. The summed E-state index contributed by atoms with van der Waals surface area (Å²) in [6.45, 7) is 0. The molecule has 2 aromatic rings. The number of nitrogens with one attached hydrogen (secondary N) is 1. The molecule has 5 nitrogen and oxygen atoms in total. The summed E-state index contributed by atoms with van der Waals surface area (Å²) in [6.07, 6.45) is 1.50. The van der Waals surface area contributed by atoms with Gasteiger partial charge in [0.05, 0.1) is 24.6 Å². The average Bonchev–Trinajstić information content (AvgIpc) is 2.40. The molecule has 0 amide bonds. The molecule has 1 aromatic carbocycles. The second kappa shape index (κ2) is 5.59. The van der Waals surface area contributed by atoms with Gasteiger partial charge in [-0.2, -0.15) is 5.26 Å². The van der Waals surface area contributed by atoms with E-state index in [0.29, 0.717) is 22.8 Å². The van der Waals surface area contributed by atoms with E-state index in [1.54, 1.807) is 13.2 Å². The largest absolute Gasteiger partial charge is 0.497 e. The van der Waals surface area contributed by atoms with E-state index in [1.807, 2.05) is 18.2 Å². The molecular formula is C13H11BrN4O. The van der Waals surface area contributed by atoms with Gasteiger partial charge in [-0.15, -0.1) is 0 Å². The Hall–Kier alpha value is -2.26. The number of rotatable bonds is 3. The molecule has 0 atom stereocenters. The Morgan fingerprint density at radius 2 is 2.16 bits per heavy atom. The van der Waals surface area contributed by atoms with Gasteiger partial charge in [-0.05, 0) is 18.2 Å². The Balaban J connectivity index is 2.36. The van der Waals surface area contributed by atoms with Crippen molar-refractivity contribution in [3.63, 3.8) is 0 Å². The molecule has 0 saturated carbocycles. The predicted octanol–water partition coefficient (Wildman–Crippen LogP) is 3.05. The number of halogens is 1. The van der Waals surface area contributed by atoms with Crippen LogP contribution in [0, 0.1) is 11.3 Å². The van der Waals surface area contributed by atoms with Crippen LogP contribution in [0.2, 0.25) is 0 Å². The lowest BCUT2D eigenvalue weighted by Gasteiger charge is -2.10. The molecule has 0 aliphatic heterocycles. The summed E-state index contributed by atoms with van der Waals surface area (Å²) in [7, 11) is 1.59. The van der Waals surface area contributed by atoms with E-state index >= 15 is 0 Å². The first-order chi connectivity index (χ1) is 9.12. The highest BCUT2D eigenvalue weighted by Crippen LogP contribution is 2.27. The van der Waals surface area contributed by atoms with Gasteiger partial charge < -0.3 is 15.8 Å². The zero-order valence-corrected chi connectivity index (χ0v) is 11.7. The zero-order valence-electron chi connectivity index (χ0n) is 10.1. The van der Waals surface area contributed by atoms with Crippen LogP contribution in [0.1, 0.15) is 5.56 Å². The van der Waals surface area contributed by atoms with Gasteiger partial charge in [-0.25, -0.2) is 4.98 Å². The third-order valence-corrected chi connectivity index (χ3v) is 2.86. The first-order valence-corrected chi connectivity index (χ1v) is 6.19. The molecule has 0 unspecified atom stereocenters. The number of ether oxygens (including phenoxy) is 1. The van der Waals surface area contributed by atoms with E-state index in [1.165, 1.54) is 6.20 Å². The maximum atomic E-state index is 9.06. The number of hydrogen-bond donors (Lipinski definition) is 2. The fraction of sp³-hybridized carbons (Fsp3) is 0.0769. The van der Waals surface area contributed by atoms with Crippen LogP contribution >= 0.6 is 15.9 Å². The number of anilines is 3. The van der Waals surface area contributed by atoms with Crippen LogP contribution in [0.15, 0.2) is 34.9 Å². The monoisotopic (exact) mass is 318 g/mol. The molecule has 0 bridgehead atoms. The molecule has 96 valence electrons. The van der Waals surface area contributed by atoms with E-state index in [-0.39, 0.29) is 0 Å². The van der Waals surface area contributed by atoms with Gasteiger partial charge in [0.2, 0.25) is 0 Å². The van der Waals surface area contributed by atoms with Crippen molar-refractivity contribution in [2.45, 2.75) is 0 Å². The van der Waals surface area contributed by atoms with Gasteiger partial charge in [-0.1, -0.05) is 15.9 Å². The number of nitrogens with zero attached hydrogens (tertiary/aromatic N) is 2. The summed E-state index contributed by atoms with van der Waals surface area (Å²) in [6, 6.07) is 9.14. The highest BCUT2D eigenvalue weighted by molar-refractivity contribution is 9.10. The minimum atomic E-state index is 0.388. The highest BCUT2D eigenvalue weighted by Gasteiger charge is 2.06. The fourth-order valence-corrected chi connectivity index (χ4v) is 2.03. The molecule has 1 heterocycles. The van der Waals surface area contributed by atoms with Crippen LogP contribution in [-0.4, -0.2) is 12.1 Å². The Kier molecular flexibility index (Phi) is 3.88. The van der Waals surface area contributed by atoms with E-state index in [4.69, 9.17) is 15.7 Å². The number of hydrogen-bond acceptors (Lipinski definition) is 5. The minimum Gasteiger partial charge on any atom is -0.497 e. The minimum absolute atomic E-state index is 0.388. The summed E-state index contributed by atoms with van der Waals surface area (Å²) in [5, 5.41) is 12.1. The van der Waals surface area contributed by atoms with E-state index in [2.05, 4.69) is 32.3 Å². The first-order valence-electron chi connectivity index (χ1n) is 5.39. The molecule has 0 radical (unpaired) electrons. The van der Waals surface area contributed by atoms with Crippen molar-refractivity contribution < 1.29 is 4.74 Å². The molecule has 2 rings (SSSR count). The van der Waals surface area contributed by atoms with E-state index in [9.17, 15) is 0 Å². The van der Waals surface area contributed by atoms with Crippen molar-refractivity contribution in [3.8, 4) is 11.8 Å². The lowest BCUT2D eigenvalue weighted by Crippen LogP contribution is -1.99. The molecular weight excluding hydrogens is 308 g/mol. The molecule has 6 heteroatoms. The number of benzene rings is 1. The van der Waals surface area contributed by atoms with Crippen LogP contribution in [0.25, 0.3) is 0 Å². The molecule has 1 aromatic heterocycles. The Bertz CT molecular complexity index is 652. The lowest BCUT2D eigenvalue weighted by molar-refractivity contribution is 0.415. The first kappa shape index (κ1) is 13.2. The standard InChI is InChI=1S/C13H11BrN4O/c1-19-12-4-9(14)3-11(5-12)18-13-8(6-15)2-10(16)7-17-13/h2-5,7H,16H2,1H3,(H,17,18). The van der Waals surface area contributed by atoms with E-state index in [0.717, 1.165) is 10.2 Å². The molecule has 0 saturated heterocycles. The maximum absolute atomic E-state index is 9.06. The topological polar surface area (TPSA) is 84.0 Å². The smallest absolute Gasteiger partial charge is 0.148 e. The van der Waals surface area contributed by atoms with Gasteiger partial charge in [0.1, 0.15) is 17.6 Å². The third-order valence-electron chi connectivity index (χ3n) is 2.40. The van der Waals surface area contributed by atoms with Crippen LogP contribution < -0.4 is 15.8 Å². The number of methoxy groups -OCH3 is 1. The Labute approximate surface area is 119 Å². The summed E-state index contributed by atoms with van der Waals surface area (Å²) >= 11 is 3.39. The molecule has 19 heavy (non-hydrogen) atoms. The lowest BCUT2D eigenvalue weighted by atomic mass is 10.2. The molecule has 0 spiro atoms.